The van der Waals surface area contributed by atoms with Crippen molar-refractivity contribution in [1.29, 1.82) is 0 Å². The van der Waals surface area contributed by atoms with Gasteiger partial charge in [0.25, 0.3) is 0 Å². The number of nitrogens with one attached hydrogen (secondary N) is 1. The van der Waals surface area contributed by atoms with Crippen molar-refractivity contribution in [2.45, 2.75) is 83.7 Å². The molecule has 4 atom stereocenters. The topological polar surface area (TPSA) is 137 Å². The van der Waals surface area contributed by atoms with E-state index in [1.54, 1.807) is 13.8 Å². The highest BCUT2D eigenvalue weighted by Gasteiger charge is 2.41. The Labute approximate surface area is 212 Å². The Hall–Kier alpha value is -2.47. The molecule has 2 aromatic heterocycles. The molecule has 0 saturated carbocycles. The minimum atomic E-state index is -1.28. The fourth-order valence-corrected chi connectivity index (χ4v) is 5.03. The molecule has 11 nitrogen and oxygen atoms in total. The number of hydrogen-bond acceptors (Lipinski definition) is 9. The second-order valence-corrected chi connectivity index (χ2v) is 11.3. The van der Waals surface area contributed by atoms with Gasteiger partial charge in [-0.25, -0.2) is 14.8 Å². The van der Waals surface area contributed by atoms with E-state index in [1.807, 2.05) is 37.6 Å². The van der Waals surface area contributed by atoms with Gasteiger partial charge < -0.3 is 39.8 Å². The molecular weight excluding hydrogens is 464 g/mol. The summed E-state index contributed by atoms with van der Waals surface area (Å²) in [6.45, 7) is 11.9. The number of nitrogens with zero attached hydrogens (tertiary/aromatic N) is 4. The number of aliphatic hydroxyl groups is 1. The van der Waals surface area contributed by atoms with Crippen LogP contribution in [0.25, 0.3) is 11.0 Å². The molecule has 0 aliphatic carbocycles. The summed E-state index contributed by atoms with van der Waals surface area (Å²) >= 11 is 0. The maximum absolute atomic E-state index is 12.1. The highest BCUT2D eigenvalue weighted by Crippen LogP contribution is 2.36. The lowest BCUT2D eigenvalue weighted by Crippen LogP contribution is -2.47. The van der Waals surface area contributed by atoms with Crippen molar-refractivity contribution < 1.29 is 24.1 Å². The van der Waals surface area contributed by atoms with Crippen LogP contribution in [-0.4, -0.2) is 80.4 Å². The molecule has 0 bridgehead atoms. The number of carbonyl (C=O) groups excluding carboxylic acids is 1. The molecule has 1 unspecified atom stereocenters. The van der Waals surface area contributed by atoms with Gasteiger partial charge in [-0.2, -0.15) is 0 Å². The quantitative estimate of drug-likeness (QED) is 0.486. The monoisotopic (exact) mass is 504 g/mol. The molecule has 2 aliphatic rings. The first-order valence-corrected chi connectivity index (χ1v) is 12.7. The molecule has 4 N–H and O–H groups in total. The zero-order valence-electron chi connectivity index (χ0n) is 21.9. The van der Waals surface area contributed by atoms with Crippen LogP contribution in [0.1, 0.15) is 60.1 Å². The molecule has 36 heavy (non-hydrogen) atoms. The third-order valence-corrected chi connectivity index (χ3v) is 6.45. The summed E-state index contributed by atoms with van der Waals surface area (Å²) in [6.07, 6.45) is 4.77. The average Bonchev–Trinajstić information content (AvgIpc) is 3.35. The van der Waals surface area contributed by atoms with E-state index < -0.39 is 11.4 Å². The Kier molecular flexibility index (Phi) is 7.75. The lowest BCUT2D eigenvalue weighted by atomic mass is 9.97. The van der Waals surface area contributed by atoms with Crippen LogP contribution in [0.15, 0.2) is 18.6 Å². The number of ether oxygens (including phenoxy) is 3. The van der Waals surface area contributed by atoms with Crippen LogP contribution in [0.2, 0.25) is 0 Å². The van der Waals surface area contributed by atoms with Crippen LogP contribution < -0.4 is 11.1 Å². The molecule has 2 aliphatic heterocycles. The Bertz CT molecular complexity index is 1050. The number of alkyl carbamates (subject to hydrolysis) is 1. The van der Waals surface area contributed by atoms with Crippen molar-refractivity contribution in [2.75, 3.05) is 31.9 Å². The van der Waals surface area contributed by atoms with Crippen molar-refractivity contribution in [3.63, 3.8) is 0 Å². The smallest absolute Gasteiger partial charge is 0.407 e. The number of hydrogen-bond donors (Lipinski definition) is 3. The van der Waals surface area contributed by atoms with Crippen LogP contribution in [0.3, 0.4) is 0 Å². The van der Waals surface area contributed by atoms with E-state index in [-0.39, 0.29) is 24.5 Å². The number of piperidine rings is 1. The molecular formula is C25H40N6O5. The standard InChI is InChI=1S/C25H40N6O5/c1-24(2,3)36-23(32)27-12-16-7-6-9-30(13-16)14-19-18(35-25(4,5)33)11-20(34-19)31-10-8-17-21(26)28-15-29-22(17)31/h8,10,15-16,18-20,33H,6-7,9,11-14H2,1-5H3,(H,27,32)(H2,26,28,29)/t16?,18-,19+,20+/m0/s1. The Morgan fingerprint density at radius 3 is 2.81 bits per heavy atom. The summed E-state index contributed by atoms with van der Waals surface area (Å²) in [4.78, 5) is 22.9. The van der Waals surface area contributed by atoms with Crippen molar-refractivity contribution in [1.82, 2.24) is 24.8 Å². The van der Waals surface area contributed by atoms with Crippen molar-refractivity contribution in [3.05, 3.63) is 18.6 Å². The molecule has 0 radical (unpaired) electrons. The van der Waals surface area contributed by atoms with Crippen LogP contribution in [-0.2, 0) is 14.2 Å². The predicted molar refractivity (Wildman–Crippen MR) is 135 cm³/mol. The summed E-state index contributed by atoms with van der Waals surface area (Å²) in [7, 11) is 0. The molecule has 1 amide bonds. The molecule has 0 aromatic carbocycles. The summed E-state index contributed by atoms with van der Waals surface area (Å²) < 4.78 is 19.8. The van der Waals surface area contributed by atoms with Gasteiger partial charge in [-0.15, -0.1) is 0 Å². The molecule has 11 heteroatoms. The maximum atomic E-state index is 12.1. The van der Waals surface area contributed by atoms with E-state index in [0.717, 1.165) is 31.3 Å². The molecule has 4 heterocycles. The van der Waals surface area contributed by atoms with Gasteiger partial charge in [0.05, 0.1) is 17.6 Å². The number of carbonyl (C=O) groups is 1. The Morgan fingerprint density at radius 1 is 1.31 bits per heavy atom. The lowest BCUT2D eigenvalue weighted by Gasteiger charge is -2.36. The van der Waals surface area contributed by atoms with Gasteiger partial charge >= 0.3 is 6.09 Å². The highest BCUT2D eigenvalue weighted by molar-refractivity contribution is 5.86. The normalized spacial score (nSPS) is 25.8. The molecule has 200 valence electrons. The zero-order valence-corrected chi connectivity index (χ0v) is 21.9. The van der Waals surface area contributed by atoms with Crippen LogP contribution in [0, 0.1) is 5.92 Å². The molecule has 2 fully saturated rings. The van der Waals surface area contributed by atoms with Crippen LogP contribution in [0.5, 0.6) is 0 Å². The van der Waals surface area contributed by atoms with E-state index in [1.165, 1.54) is 6.33 Å². The van der Waals surface area contributed by atoms with Crippen molar-refractivity contribution in [3.8, 4) is 0 Å². The van der Waals surface area contributed by atoms with Crippen molar-refractivity contribution >= 4 is 22.9 Å². The Balaban J connectivity index is 1.40. The van der Waals surface area contributed by atoms with Gasteiger partial charge in [0, 0.05) is 32.3 Å². The number of fused-ring (bicyclic) bond motifs is 1. The Morgan fingerprint density at radius 2 is 2.08 bits per heavy atom. The number of rotatable bonds is 7. The van der Waals surface area contributed by atoms with E-state index in [0.29, 0.717) is 36.9 Å². The highest BCUT2D eigenvalue weighted by atomic mass is 16.6. The first-order valence-electron chi connectivity index (χ1n) is 12.7. The second kappa shape index (κ2) is 10.5. The summed E-state index contributed by atoms with van der Waals surface area (Å²) in [5.74, 6) is -0.531. The van der Waals surface area contributed by atoms with E-state index in [2.05, 4.69) is 20.2 Å². The third kappa shape index (κ3) is 6.84. The van der Waals surface area contributed by atoms with Crippen molar-refractivity contribution in [2.24, 2.45) is 5.92 Å². The SMILES string of the molecule is CC(C)(C)OC(=O)NCC1CCCN(C[C@H]2O[C@@H](n3ccc4c(N)ncnc43)C[C@@H]2OC(C)(C)O)C1. The van der Waals surface area contributed by atoms with Gasteiger partial charge in [0.2, 0.25) is 0 Å². The van der Waals surface area contributed by atoms with E-state index >= 15 is 0 Å². The number of anilines is 1. The van der Waals surface area contributed by atoms with E-state index in [9.17, 15) is 9.90 Å². The molecule has 4 rings (SSSR count). The first kappa shape index (κ1) is 26.6. The number of nitrogen functional groups attached to an aromatic ring is 1. The zero-order chi connectivity index (χ0) is 26.1. The minimum absolute atomic E-state index is 0.240. The predicted octanol–water partition coefficient (Wildman–Crippen LogP) is 2.65. The minimum Gasteiger partial charge on any atom is -0.444 e. The van der Waals surface area contributed by atoms with Crippen LogP contribution in [0.4, 0.5) is 10.6 Å². The number of nitrogens with two attached hydrogens (primary N) is 1. The van der Waals surface area contributed by atoms with Gasteiger partial charge in [-0.1, -0.05) is 0 Å². The summed E-state index contributed by atoms with van der Waals surface area (Å²) in [5, 5.41) is 14.1. The van der Waals surface area contributed by atoms with Gasteiger partial charge in [-0.3, -0.25) is 0 Å². The summed E-state index contributed by atoms with van der Waals surface area (Å²) in [6, 6.07) is 1.89. The number of amides is 1. The average molecular weight is 505 g/mol. The molecule has 2 aromatic rings. The largest absolute Gasteiger partial charge is 0.444 e. The van der Waals surface area contributed by atoms with Crippen LogP contribution >= 0.6 is 0 Å². The first-order chi connectivity index (χ1) is 16.9. The fraction of sp³-hybridized carbons (Fsp3) is 0.720. The third-order valence-electron chi connectivity index (χ3n) is 6.45. The maximum Gasteiger partial charge on any atom is 0.407 e. The number of likely N-dealkylation sites (tertiary alicyclic amines) is 1. The van der Waals surface area contributed by atoms with Gasteiger partial charge in [-0.05, 0) is 66.0 Å². The lowest BCUT2D eigenvalue weighted by molar-refractivity contribution is -0.215. The fourth-order valence-electron chi connectivity index (χ4n) is 5.03. The van der Waals surface area contributed by atoms with Gasteiger partial charge in [0.15, 0.2) is 5.79 Å². The summed E-state index contributed by atoms with van der Waals surface area (Å²) in [5.41, 5.74) is 6.21. The van der Waals surface area contributed by atoms with Gasteiger partial charge in [0.1, 0.15) is 29.6 Å². The molecule has 2 saturated heterocycles. The second-order valence-electron chi connectivity index (χ2n) is 11.3. The number of aromatic nitrogens is 3. The van der Waals surface area contributed by atoms with E-state index in [4.69, 9.17) is 19.9 Å². The molecule has 0 spiro atoms.